The van der Waals surface area contributed by atoms with Crippen LogP contribution in [0.4, 0.5) is 0 Å². The Morgan fingerprint density at radius 1 is 1.27 bits per heavy atom. The minimum Gasteiger partial charge on any atom is -0.399 e. The minimum atomic E-state index is -0.585. The average Bonchev–Trinajstić information content (AvgIpc) is 2.87. The highest BCUT2D eigenvalue weighted by atomic mass is 16.7. The predicted octanol–water partition coefficient (Wildman–Crippen LogP) is 1.28. The largest absolute Gasteiger partial charge is 0.498 e. The Bertz CT molecular complexity index is 492. The summed E-state index contributed by atoms with van der Waals surface area (Å²) in [7, 11) is -0.363. The van der Waals surface area contributed by atoms with E-state index < -0.39 is 5.72 Å². The van der Waals surface area contributed by atoms with Crippen molar-refractivity contribution in [2.24, 2.45) is 5.73 Å². The van der Waals surface area contributed by atoms with Crippen molar-refractivity contribution in [1.29, 1.82) is 0 Å². The maximum absolute atomic E-state index is 6.02. The molecule has 0 atom stereocenters. The number of hydrogen-bond donors (Lipinski definition) is 1. The summed E-state index contributed by atoms with van der Waals surface area (Å²) in [4.78, 5) is 0. The average molecular weight is 309 g/mol. The number of nitrogens with two attached hydrogens (primary N) is 1. The van der Waals surface area contributed by atoms with Crippen LogP contribution in [0.1, 0.15) is 48.0 Å². The van der Waals surface area contributed by atoms with Crippen LogP contribution in [-0.4, -0.2) is 40.4 Å². The van der Waals surface area contributed by atoms with Crippen LogP contribution in [0.25, 0.3) is 0 Å². The summed E-state index contributed by atoms with van der Waals surface area (Å²) in [5, 5.41) is 4.36. The molecule has 0 spiro atoms. The van der Waals surface area contributed by atoms with Crippen LogP contribution >= 0.6 is 0 Å². The van der Waals surface area contributed by atoms with E-state index in [-0.39, 0.29) is 18.3 Å². The molecule has 2 heterocycles. The van der Waals surface area contributed by atoms with Gasteiger partial charge < -0.3 is 19.8 Å². The number of hydrogen-bond acceptors (Lipinski definition) is 5. The fourth-order valence-electron chi connectivity index (χ4n) is 2.16. The molecule has 0 amide bonds. The fourth-order valence-corrected chi connectivity index (χ4v) is 2.16. The van der Waals surface area contributed by atoms with Crippen LogP contribution in [-0.2, 0) is 20.6 Å². The van der Waals surface area contributed by atoms with Crippen molar-refractivity contribution in [2.75, 3.05) is 6.61 Å². The number of ether oxygens (including phenoxy) is 1. The van der Waals surface area contributed by atoms with E-state index in [1.807, 2.05) is 52.4 Å². The quantitative estimate of drug-likeness (QED) is 0.487. The van der Waals surface area contributed by atoms with E-state index in [2.05, 4.69) is 5.10 Å². The van der Waals surface area contributed by atoms with E-state index in [1.165, 1.54) is 0 Å². The molecule has 1 fully saturated rings. The minimum absolute atomic E-state index is 0.333. The maximum Gasteiger partial charge on any atom is 0.498 e. The molecule has 0 unspecified atom stereocenters. The Morgan fingerprint density at radius 2 is 1.86 bits per heavy atom. The van der Waals surface area contributed by atoms with Gasteiger partial charge in [0.2, 0.25) is 0 Å². The zero-order chi connectivity index (χ0) is 16.6. The molecule has 22 heavy (non-hydrogen) atoms. The van der Waals surface area contributed by atoms with Gasteiger partial charge in [0.1, 0.15) is 5.72 Å². The van der Waals surface area contributed by atoms with Gasteiger partial charge in [-0.25, -0.2) is 0 Å². The lowest BCUT2D eigenvalue weighted by Gasteiger charge is -2.32. The zero-order valence-electron chi connectivity index (χ0n) is 14.5. The van der Waals surface area contributed by atoms with E-state index in [1.54, 1.807) is 6.20 Å². The molecule has 2 rings (SSSR count). The fraction of sp³-hybridized carbons (Fsp3) is 0.800. The zero-order valence-corrected chi connectivity index (χ0v) is 14.5. The van der Waals surface area contributed by atoms with Crippen LogP contribution in [0.15, 0.2) is 12.4 Å². The van der Waals surface area contributed by atoms with Gasteiger partial charge in [0, 0.05) is 24.4 Å². The van der Waals surface area contributed by atoms with Crippen LogP contribution in [0, 0.1) is 0 Å². The van der Waals surface area contributed by atoms with E-state index >= 15 is 0 Å². The van der Waals surface area contributed by atoms with Crippen molar-refractivity contribution in [3.05, 3.63) is 12.4 Å². The third-order valence-electron chi connectivity index (χ3n) is 4.18. The molecule has 124 valence electrons. The summed E-state index contributed by atoms with van der Waals surface area (Å²) in [6.45, 7) is 13.2. The van der Waals surface area contributed by atoms with E-state index in [0.29, 0.717) is 6.61 Å². The highest BCUT2D eigenvalue weighted by Crippen LogP contribution is 2.36. The predicted molar refractivity (Wildman–Crippen MR) is 86.8 cm³/mol. The van der Waals surface area contributed by atoms with Crippen molar-refractivity contribution < 1.29 is 14.0 Å². The molecular formula is C15H28BN3O3. The lowest BCUT2D eigenvalue weighted by atomic mass is 9.82. The second kappa shape index (κ2) is 5.96. The molecule has 0 saturated carbocycles. The first kappa shape index (κ1) is 17.5. The highest BCUT2D eigenvalue weighted by molar-refractivity contribution is 6.61. The van der Waals surface area contributed by atoms with E-state index in [0.717, 1.165) is 18.4 Å². The number of nitrogens with zero attached hydrogens (tertiary/aromatic N) is 2. The SMILES string of the molecule is CC(C)(N)OCCCn1cc(B2OC(C)(C)C(C)(C)O2)cn1. The molecule has 1 aromatic heterocycles. The third kappa shape index (κ3) is 4.10. The summed E-state index contributed by atoms with van der Waals surface area (Å²) < 4.78 is 19.4. The van der Waals surface area contributed by atoms with Crippen molar-refractivity contribution in [2.45, 2.75) is 71.4 Å². The lowest BCUT2D eigenvalue weighted by Crippen LogP contribution is -2.41. The first-order valence-electron chi connectivity index (χ1n) is 7.81. The second-order valence-corrected chi connectivity index (χ2v) is 7.43. The van der Waals surface area contributed by atoms with Gasteiger partial charge >= 0.3 is 7.12 Å². The van der Waals surface area contributed by atoms with Gasteiger partial charge in [0.05, 0.1) is 17.8 Å². The van der Waals surface area contributed by atoms with Gasteiger partial charge in [-0.3, -0.25) is 4.68 Å². The molecule has 6 nitrogen and oxygen atoms in total. The molecule has 1 aliphatic rings. The Hall–Kier alpha value is -0.885. The van der Waals surface area contributed by atoms with E-state index in [9.17, 15) is 0 Å². The van der Waals surface area contributed by atoms with Gasteiger partial charge in [-0.05, 0) is 48.0 Å². The molecule has 0 aromatic carbocycles. The highest BCUT2D eigenvalue weighted by Gasteiger charge is 2.52. The van der Waals surface area contributed by atoms with Gasteiger partial charge in [0.15, 0.2) is 0 Å². The molecule has 0 aliphatic carbocycles. The normalized spacial score (nSPS) is 20.6. The van der Waals surface area contributed by atoms with Crippen molar-refractivity contribution in [1.82, 2.24) is 9.78 Å². The van der Waals surface area contributed by atoms with Crippen LogP contribution < -0.4 is 11.2 Å². The summed E-state index contributed by atoms with van der Waals surface area (Å²) in [5.41, 5.74) is 5.47. The molecule has 2 N–H and O–H groups in total. The Labute approximate surface area is 133 Å². The van der Waals surface area contributed by atoms with Gasteiger partial charge in [0.25, 0.3) is 0 Å². The monoisotopic (exact) mass is 309 g/mol. The smallest absolute Gasteiger partial charge is 0.399 e. The topological polar surface area (TPSA) is 71.5 Å². The van der Waals surface area contributed by atoms with Crippen molar-refractivity contribution >= 4 is 12.6 Å². The van der Waals surface area contributed by atoms with Gasteiger partial charge in [-0.1, -0.05) is 0 Å². The van der Waals surface area contributed by atoms with Crippen LogP contribution in [0.5, 0.6) is 0 Å². The van der Waals surface area contributed by atoms with Crippen molar-refractivity contribution in [3.63, 3.8) is 0 Å². The Balaban J connectivity index is 1.87. The number of aromatic nitrogens is 2. The number of aryl methyl sites for hydroxylation is 1. The molecule has 0 bridgehead atoms. The van der Waals surface area contributed by atoms with Gasteiger partial charge in [-0.2, -0.15) is 5.10 Å². The molecule has 1 aromatic rings. The molecule has 1 saturated heterocycles. The third-order valence-corrected chi connectivity index (χ3v) is 4.18. The summed E-state index contributed by atoms with van der Waals surface area (Å²) in [6.07, 6.45) is 4.62. The second-order valence-electron chi connectivity index (χ2n) is 7.43. The first-order valence-corrected chi connectivity index (χ1v) is 7.81. The summed E-state index contributed by atoms with van der Waals surface area (Å²) >= 11 is 0. The van der Waals surface area contributed by atoms with E-state index in [4.69, 9.17) is 19.8 Å². The molecule has 7 heteroatoms. The Morgan fingerprint density at radius 3 is 2.41 bits per heavy atom. The summed E-state index contributed by atoms with van der Waals surface area (Å²) in [6, 6.07) is 0. The van der Waals surface area contributed by atoms with Crippen LogP contribution in [0.2, 0.25) is 0 Å². The van der Waals surface area contributed by atoms with Crippen molar-refractivity contribution in [3.8, 4) is 0 Å². The van der Waals surface area contributed by atoms with Gasteiger partial charge in [-0.15, -0.1) is 0 Å². The Kier molecular flexibility index (Phi) is 4.73. The lowest BCUT2D eigenvalue weighted by molar-refractivity contribution is -0.0150. The standard InChI is InChI=1S/C15H28BN3O3/c1-13(2)14(3,4)22-16(21-13)12-10-18-19(11-12)8-7-9-20-15(5,6)17/h10-11H,7-9,17H2,1-6H3. The molecule has 0 radical (unpaired) electrons. The number of rotatable bonds is 6. The van der Waals surface area contributed by atoms with Crippen LogP contribution in [0.3, 0.4) is 0 Å². The summed E-state index contributed by atoms with van der Waals surface area (Å²) in [5.74, 6) is 0. The molecule has 1 aliphatic heterocycles. The first-order chi connectivity index (χ1) is 10.0. The maximum atomic E-state index is 6.02. The molecular weight excluding hydrogens is 281 g/mol.